The van der Waals surface area contributed by atoms with Gasteiger partial charge in [0, 0.05) is 11.4 Å². The van der Waals surface area contributed by atoms with Gasteiger partial charge >= 0.3 is 0 Å². The molecule has 1 aliphatic heterocycles. The van der Waals surface area contributed by atoms with Crippen molar-refractivity contribution in [3.05, 3.63) is 77.0 Å². The molecule has 0 saturated carbocycles. The van der Waals surface area contributed by atoms with Gasteiger partial charge in [0.05, 0.1) is 25.6 Å². The number of rotatable bonds is 5. The molecule has 1 fully saturated rings. The van der Waals surface area contributed by atoms with Crippen molar-refractivity contribution in [1.82, 2.24) is 14.8 Å². The topological polar surface area (TPSA) is 76.7 Å². The molecular weight excluding hydrogens is 414 g/mol. The van der Waals surface area contributed by atoms with E-state index in [2.05, 4.69) is 5.32 Å². The lowest BCUT2D eigenvalue weighted by Crippen LogP contribution is -2.53. The SMILES string of the molecule is COc1ccccc1-n1c(C)cc(C=C2C(=O)NC(=S)N(Cc3ccco3)C2=O)c1C. The van der Waals surface area contributed by atoms with Gasteiger partial charge in [0.2, 0.25) is 0 Å². The Morgan fingerprint density at radius 1 is 1.16 bits per heavy atom. The average Bonchev–Trinajstić information content (AvgIpc) is 3.36. The van der Waals surface area contributed by atoms with Crippen LogP contribution in [0.3, 0.4) is 0 Å². The summed E-state index contributed by atoms with van der Waals surface area (Å²) in [6, 6.07) is 13.1. The first-order valence-electron chi connectivity index (χ1n) is 9.64. The lowest BCUT2D eigenvalue weighted by atomic mass is 10.1. The van der Waals surface area contributed by atoms with Crippen LogP contribution in [-0.2, 0) is 16.1 Å². The van der Waals surface area contributed by atoms with E-state index in [0.29, 0.717) is 5.76 Å². The molecule has 0 bridgehead atoms. The van der Waals surface area contributed by atoms with E-state index in [1.54, 1.807) is 25.3 Å². The summed E-state index contributed by atoms with van der Waals surface area (Å²) >= 11 is 5.20. The molecule has 0 aliphatic carbocycles. The largest absolute Gasteiger partial charge is 0.495 e. The van der Waals surface area contributed by atoms with Gasteiger partial charge in [-0.3, -0.25) is 19.8 Å². The van der Waals surface area contributed by atoms with Crippen LogP contribution in [0.2, 0.25) is 0 Å². The van der Waals surface area contributed by atoms with Gasteiger partial charge in [-0.2, -0.15) is 0 Å². The van der Waals surface area contributed by atoms with Crippen LogP contribution in [0, 0.1) is 13.8 Å². The fourth-order valence-electron chi connectivity index (χ4n) is 3.67. The molecule has 7 nitrogen and oxygen atoms in total. The van der Waals surface area contributed by atoms with Crippen LogP contribution in [0.15, 0.2) is 58.7 Å². The number of aryl methyl sites for hydroxylation is 1. The second-order valence-corrected chi connectivity index (χ2v) is 7.51. The summed E-state index contributed by atoms with van der Waals surface area (Å²) in [5, 5.41) is 2.65. The molecule has 0 atom stereocenters. The van der Waals surface area contributed by atoms with Crippen molar-refractivity contribution in [3.63, 3.8) is 0 Å². The maximum atomic E-state index is 13.1. The molecule has 2 amide bonds. The molecule has 1 N–H and O–H groups in total. The number of furan rings is 1. The maximum absolute atomic E-state index is 13.1. The number of hydrogen-bond acceptors (Lipinski definition) is 5. The summed E-state index contributed by atoms with van der Waals surface area (Å²) < 4.78 is 12.8. The zero-order chi connectivity index (χ0) is 22.1. The highest BCUT2D eigenvalue weighted by Crippen LogP contribution is 2.29. The summed E-state index contributed by atoms with van der Waals surface area (Å²) in [5.41, 5.74) is 3.47. The van der Waals surface area contributed by atoms with Crippen molar-refractivity contribution >= 4 is 35.2 Å². The Morgan fingerprint density at radius 3 is 2.65 bits per heavy atom. The number of benzene rings is 1. The quantitative estimate of drug-likeness (QED) is 0.377. The maximum Gasteiger partial charge on any atom is 0.266 e. The van der Waals surface area contributed by atoms with Crippen LogP contribution >= 0.6 is 12.2 Å². The van der Waals surface area contributed by atoms with Crippen LogP contribution in [0.1, 0.15) is 22.7 Å². The van der Waals surface area contributed by atoms with E-state index in [1.807, 2.05) is 48.7 Å². The van der Waals surface area contributed by atoms with Crippen molar-refractivity contribution in [2.75, 3.05) is 7.11 Å². The summed E-state index contributed by atoms with van der Waals surface area (Å²) in [6.07, 6.45) is 3.12. The normalized spacial score (nSPS) is 15.5. The third-order valence-corrected chi connectivity index (χ3v) is 5.50. The molecule has 158 valence electrons. The predicted molar refractivity (Wildman–Crippen MR) is 120 cm³/mol. The highest BCUT2D eigenvalue weighted by molar-refractivity contribution is 7.80. The number of thiocarbonyl (C=S) groups is 1. The van der Waals surface area contributed by atoms with Crippen molar-refractivity contribution in [3.8, 4) is 11.4 Å². The van der Waals surface area contributed by atoms with Crippen molar-refractivity contribution in [2.45, 2.75) is 20.4 Å². The molecule has 3 aromatic rings. The minimum Gasteiger partial charge on any atom is -0.495 e. The van der Waals surface area contributed by atoms with Crippen molar-refractivity contribution in [1.29, 1.82) is 0 Å². The lowest BCUT2D eigenvalue weighted by Gasteiger charge is -2.28. The Balaban J connectivity index is 1.73. The molecule has 0 radical (unpaired) electrons. The highest BCUT2D eigenvalue weighted by Gasteiger charge is 2.34. The number of carbonyl (C=O) groups is 2. The van der Waals surface area contributed by atoms with Crippen LogP contribution in [0.25, 0.3) is 11.8 Å². The standard InChI is InChI=1S/C23H21N3O4S/c1-14-11-16(15(2)26(14)19-8-4-5-9-20(19)29-3)12-18-21(27)24-23(31)25(22(18)28)13-17-7-6-10-30-17/h4-12H,13H2,1-3H3,(H,24,27,31). The number of methoxy groups -OCH3 is 1. The predicted octanol–water partition coefficient (Wildman–Crippen LogP) is 3.52. The molecule has 1 aliphatic rings. The van der Waals surface area contributed by atoms with Gasteiger partial charge in [-0.05, 0) is 68.0 Å². The monoisotopic (exact) mass is 435 g/mol. The van der Waals surface area contributed by atoms with Crippen LogP contribution in [0.5, 0.6) is 5.75 Å². The van der Waals surface area contributed by atoms with Gasteiger partial charge in [-0.25, -0.2) is 0 Å². The number of para-hydroxylation sites is 2. The average molecular weight is 436 g/mol. The second kappa shape index (κ2) is 8.23. The highest BCUT2D eigenvalue weighted by atomic mass is 32.1. The van der Waals surface area contributed by atoms with Gasteiger partial charge in [-0.1, -0.05) is 12.1 Å². The molecule has 8 heteroatoms. The molecule has 0 unspecified atom stereocenters. The van der Waals surface area contributed by atoms with Gasteiger partial charge < -0.3 is 13.7 Å². The minimum atomic E-state index is -0.521. The summed E-state index contributed by atoms with van der Waals surface area (Å²) in [5.74, 6) is 0.311. The van der Waals surface area contributed by atoms with Crippen molar-refractivity contribution < 1.29 is 18.7 Å². The van der Waals surface area contributed by atoms with Crippen LogP contribution < -0.4 is 10.1 Å². The van der Waals surface area contributed by atoms with E-state index in [1.165, 1.54) is 11.2 Å². The third kappa shape index (κ3) is 3.77. The fraction of sp³-hybridized carbons (Fsp3) is 0.174. The minimum absolute atomic E-state index is 0.0143. The van der Waals surface area contributed by atoms with Crippen LogP contribution in [0.4, 0.5) is 0 Å². The van der Waals surface area contributed by atoms with Gasteiger partial charge in [0.25, 0.3) is 11.8 Å². The first-order valence-corrected chi connectivity index (χ1v) is 10.0. The first-order chi connectivity index (χ1) is 14.9. The van der Waals surface area contributed by atoms with Crippen LogP contribution in [-0.4, -0.2) is 33.5 Å². The Kier molecular flexibility index (Phi) is 5.48. The Morgan fingerprint density at radius 2 is 1.94 bits per heavy atom. The number of hydrogen-bond donors (Lipinski definition) is 1. The molecule has 4 rings (SSSR count). The molecule has 3 heterocycles. The van der Waals surface area contributed by atoms with E-state index < -0.39 is 11.8 Å². The zero-order valence-electron chi connectivity index (χ0n) is 17.3. The van der Waals surface area contributed by atoms with Gasteiger partial charge in [0.15, 0.2) is 5.11 Å². The Bertz CT molecular complexity index is 1210. The first kappa shape index (κ1) is 20.6. The molecule has 1 aromatic carbocycles. The van der Waals surface area contributed by atoms with E-state index in [4.69, 9.17) is 21.4 Å². The van der Waals surface area contributed by atoms with Gasteiger partial charge in [0.1, 0.15) is 17.1 Å². The van der Waals surface area contributed by atoms with Crippen molar-refractivity contribution in [2.24, 2.45) is 0 Å². The molecule has 31 heavy (non-hydrogen) atoms. The van der Waals surface area contributed by atoms with Gasteiger partial charge in [-0.15, -0.1) is 0 Å². The molecular formula is C23H21N3O4S. The number of ether oxygens (including phenoxy) is 1. The third-order valence-electron chi connectivity index (χ3n) is 5.18. The zero-order valence-corrected chi connectivity index (χ0v) is 18.2. The number of aromatic nitrogens is 1. The summed E-state index contributed by atoms with van der Waals surface area (Å²) in [6.45, 7) is 4.04. The number of nitrogens with zero attached hydrogens (tertiary/aromatic N) is 2. The molecule has 1 saturated heterocycles. The second-order valence-electron chi connectivity index (χ2n) is 7.12. The Labute approximate surface area is 184 Å². The number of amides is 2. The smallest absolute Gasteiger partial charge is 0.266 e. The Hall–Kier alpha value is -3.65. The van der Waals surface area contributed by atoms with E-state index >= 15 is 0 Å². The van der Waals surface area contributed by atoms with E-state index in [0.717, 1.165) is 28.4 Å². The lowest BCUT2D eigenvalue weighted by molar-refractivity contribution is -0.129. The fourth-order valence-corrected chi connectivity index (χ4v) is 3.91. The molecule has 0 spiro atoms. The summed E-state index contributed by atoms with van der Waals surface area (Å²) in [4.78, 5) is 27.0. The molecule has 2 aromatic heterocycles. The number of nitrogens with one attached hydrogen (secondary N) is 1. The van der Waals surface area contributed by atoms with E-state index in [9.17, 15) is 9.59 Å². The number of carbonyl (C=O) groups excluding carboxylic acids is 2. The van der Waals surface area contributed by atoms with E-state index in [-0.39, 0.29) is 17.2 Å². The summed E-state index contributed by atoms with van der Waals surface area (Å²) in [7, 11) is 1.62.